The van der Waals surface area contributed by atoms with E-state index in [1.54, 1.807) is 0 Å². The van der Waals surface area contributed by atoms with Gasteiger partial charge >= 0.3 is 0 Å². The molecule has 2 nitrogen and oxygen atoms in total. The summed E-state index contributed by atoms with van der Waals surface area (Å²) in [5.74, 6) is -0.172. The van der Waals surface area contributed by atoms with Crippen LogP contribution in [0, 0.1) is 11.2 Å². The van der Waals surface area contributed by atoms with Crippen molar-refractivity contribution in [1.82, 2.24) is 4.90 Å². The molecule has 1 aliphatic carbocycles. The average Bonchev–Trinajstić information content (AvgIpc) is 2.27. The fraction of sp³-hybridized carbons (Fsp3) is 0.571. The first-order chi connectivity index (χ1) is 8.13. The van der Waals surface area contributed by atoms with Crippen molar-refractivity contribution >= 4 is 0 Å². The normalized spacial score (nSPS) is 18.1. The molecule has 2 rings (SSSR count). The van der Waals surface area contributed by atoms with Crippen LogP contribution >= 0.6 is 0 Å². The molecule has 0 unspecified atom stereocenters. The Kier molecular flexibility index (Phi) is 3.79. The molecule has 2 N–H and O–H groups in total. The molecule has 0 radical (unpaired) electrons. The second-order valence-corrected chi connectivity index (χ2v) is 5.36. The first-order valence-corrected chi connectivity index (χ1v) is 6.27. The average molecular weight is 236 g/mol. The number of nitrogens with two attached hydrogens (primary N) is 1. The fourth-order valence-corrected chi connectivity index (χ4v) is 2.63. The summed E-state index contributed by atoms with van der Waals surface area (Å²) >= 11 is 0. The van der Waals surface area contributed by atoms with Gasteiger partial charge in [-0.2, -0.15) is 0 Å². The molecule has 1 aromatic carbocycles. The van der Waals surface area contributed by atoms with E-state index in [9.17, 15) is 4.39 Å². The van der Waals surface area contributed by atoms with E-state index in [0.29, 0.717) is 5.41 Å². The molecule has 0 saturated heterocycles. The Morgan fingerprint density at radius 3 is 2.41 bits per heavy atom. The molecule has 1 saturated carbocycles. The Morgan fingerprint density at radius 1 is 1.29 bits per heavy atom. The Bertz CT molecular complexity index is 351. The predicted octanol–water partition coefficient (Wildman–Crippen LogP) is 2.39. The summed E-state index contributed by atoms with van der Waals surface area (Å²) < 4.78 is 12.8. The maximum absolute atomic E-state index is 12.8. The Morgan fingerprint density at radius 2 is 1.94 bits per heavy atom. The number of nitrogens with zero attached hydrogens (tertiary/aromatic N) is 1. The van der Waals surface area contributed by atoms with Gasteiger partial charge in [-0.25, -0.2) is 4.39 Å². The molecule has 0 heterocycles. The second-order valence-electron chi connectivity index (χ2n) is 5.36. The molecule has 0 bridgehead atoms. The van der Waals surface area contributed by atoms with Crippen molar-refractivity contribution in [3.63, 3.8) is 0 Å². The first kappa shape index (κ1) is 12.5. The lowest BCUT2D eigenvalue weighted by atomic mass is 9.68. The third kappa shape index (κ3) is 3.05. The number of hydrogen-bond donors (Lipinski definition) is 1. The van der Waals surface area contributed by atoms with Crippen molar-refractivity contribution in [2.75, 3.05) is 20.1 Å². The number of hydrogen-bond acceptors (Lipinski definition) is 2. The van der Waals surface area contributed by atoms with Crippen LogP contribution in [-0.2, 0) is 6.54 Å². The summed E-state index contributed by atoms with van der Waals surface area (Å²) in [4.78, 5) is 2.29. The minimum absolute atomic E-state index is 0.172. The van der Waals surface area contributed by atoms with Gasteiger partial charge in [-0.15, -0.1) is 0 Å². The van der Waals surface area contributed by atoms with Gasteiger partial charge in [-0.1, -0.05) is 18.6 Å². The van der Waals surface area contributed by atoms with Crippen LogP contribution in [0.4, 0.5) is 4.39 Å². The lowest BCUT2D eigenvalue weighted by molar-refractivity contribution is 0.0845. The SMILES string of the molecule is CN(Cc1ccc(F)cc1)CC1(CN)CCC1. The third-order valence-electron chi connectivity index (χ3n) is 3.82. The molecule has 0 atom stereocenters. The maximum Gasteiger partial charge on any atom is 0.123 e. The van der Waals surface area contributed by atoms with E-state index in [2.05, 4.69) is 11.9 Å². The summed E-state index contributed by atoms with van der Waals surface area (Å²) in [5, 5.41) is 0. The van der Waals surface area contributed by atoms with Crippen molar-refractivity contribution in [2.24, 2.45) is 11.1 Å². The van der Waals surface area contributed by atoms with Crippen molar-refractivity contribution in [1.29, 1.82) is 0 Å². The largest absolute Gasteiger partial charge is 0.330 e. The summed E-state index contributed by atoms with van der Waals surface area (Å²) in [7, 11) is 2.11. The molecule has 0 aliphatic heterocycles. The molecule has 17 heavy (non-hydrogen) atoms. The van der Waals surface area contributed by atoms with Gasteiger partial charge in [-0.3, -0.25) is 0 Å². The molecular weight excluding hydrogens is 215 g/mol. The van der Waals surface area contributed by atoms with Crippen LogP contribution in [0.2, 0.25) is 0 Å². The minimum Gasteiger partial charge on any atom is -0.330 e. The van der Waals surface area contributed by atoms with E-state index in [0.717, 1.165) is 25.2 Å². The van der Waals surface area contributed by atoms with E-state index in [4.69, 9.17) is 5.73 Å². The zero-order chi connectivity index (χ0) is 12.3. The Balaban J connectivity index is 1.88. The van der Waals surface area contributed by atoms with Gasteiger partial charge in [0.2, 0.25) is 0 Å². The third-order valence-corrected chi connectivity index (χ3v) is 3.82. The predicted molar refractivity (Wildman–Crippen MR) is 68.1 cm³/mol. The zero-order valence-corrected chi connectivity index (χ0v) is 10.5. The number of halogens is 1. The molecule has 1 aromatic rings. The van der Waals surface area contributed by atoms with Gasteiger partial charge in [0.1, 0.15) is 5.82 Å². The van der Waals surface area contributed by atoms with E-state index in [1.165, 1.54) is 31.4 Å². The van der Waals surface area contributed by atoms with Crippen molar-refractivity contribution in [3.8, 4) is 0 Å². The standard InChI is InChI=1S/C14H21FN2/c1-17(11-14(10-16)7-2-8-14)9-12-3-5-13(15)6-4-12/h3-6H,2,7-11,16H2,1H3. The van der Waals surface area contributed by atoms with Crippen molar-refractivity contribution in [2.45, 2.75) is 25.8 Å². The van der Waals surface area contributed by atoms with Crippen LogP contribution in [0.1, 0.15) is 24.8 Å². The monoisotopic (exact) mass is 236 g/mol. The van der Waals surface area contributed by atoms with Gasteiger partial charge in [-0.05, 0) is 49.5 Å². The quantitative estimate of drug-likeness (QED) is 0.850. The topological polar surface area (TPSA) is 29.3 Å². The lowest BCUT2D eigenvalue weighted by Gasteiger charge is -2.43. The molecule has 94 valence electrons. The summed E-state index contributed by atoms with van der Waals surface area (Å²) in [6, 6.07) is 6.74. The first-order valence-electron chi connectivity index (χ1n) is 6.27. The van der Waals surface area contributed by atoms with Crippen LogP contribution in [0.3, 0.4) is 0 Å². The Hall–Kier alpha value is -0.930. The minimum atomic E-state index is -0.172. The van der Waals surface area contributed by atoms with E-state index in [1.807, 2.05) is 12.1 Å². The smallest absolute Gasteiger partial charge is 0.123 e. The van der Waals surface area contributed by atoms with Crippen LogP contribution < -0.4 is 5.73 Å². The zero-order valence-electron chi connectivity index (χ0n) is 10.5. The van der Waals surface area contributed by atoms with Gasteiger partial charge in [0.25, 0.3) is 0 Å². The van der Waals surface area contributed by atoms with Crippen LogP contribution in [0.5, 0.6) is 0 Å². The molecule has 0 spiro atoms. The highest BCUT2D eigenvalue weighted by molar-refractivity contribution is 5.15. The number of rotatable bonds is 5. The highest BCUT2D eigenvalue weighted by atomic mass is 19.1. The fourth-order valence-electron chi connectivity index (χ4n) is 2.63. The molecule has 3 heteroatoms. The summed E-state index contributed by atoms with van der Waals surface area (Å²) in [6.45, 7) is 2.68. The molecular formula is C14H21FN2. The highest BCUT2D eigenvalue weighted by Crippen LogP contribution is 2.40. The van der Waals surface area contributed by atoms with Gasteiger partial charge in [0.15, 0.2) is 0 Å². The molecule has 0 aromatic heterocycles. The van der Waals surface area contributed by atoms with Gasteiger partial charge in [0, 0.05) is 13.1 Å². The lowest BCUT2D eigenvalue weighted by Crippen LogP contribution is -2.45. The van der Waals surface area contributed by atoms with E-state index in [-0.39, 0.29) is 5.82 Å². The highest BCUT2D eigenvalue weighted by Gasteiger charge is 2.36. The molecule has 1 fully saturated rings. The summed E-state index contributed by atoms with van der Waals surface area (Å²) in [5.41, 5.74) is 7.35. The van der Waals surface area contributed by atoms with E-state index >= 15 is 0 Å². The maximum atomic E-state index is 12.8. The van der Waals surface area contributed by atoms with Gasteiger partial charge < -0.3 is 10.6 Å². The summed E-state index contributed by atoms with van der Waals surface area (Å²) in [6.07, 6.45) is 3.80. The van der Waals surface area contributed by atoms with Gasteiger partial charge in [0.05, 0.1) is 0 Å². The second kappa shape index (κ2) is 5.15. The van der Waals surface area contributed by atoms with Crippen LogP contribution in [0.15, 0.2) is 24.3 Å². The molecule has 0 amide bonds. The molecule has 1 aliphatic rings. The van der Waals surface area contributed by atoms with Crippen molar-refractivity contribution in [3.05, 3.63) is 35.6 Å². The number of benzene rings is 1. The van der Waals surface area contributed by atoms with Crippen LogP contribution in [0.25, 0.3) is 0 Å². The van der Waals surface area contributed by atoms with Crippen LogP contribution in [-0.4, -0.2) is 25.0 Å². The Labute approximate surface area is 103 Å². The van der Waals surface area contributed by atoms with E-state index < -0.39 is 0 Å². The van der Waals surface area contributed by atoms with Crippen molar-refractivity contribution < 1.29 is 4.39 Å².